The predicted octanol–water partition coefficient (Wildman–Crippen LogP) is 2.53. The molecule has 1 saturated carbocycles. The average molecular weight is 245 g/mol. The maximum atomic E-state index is 11.7. The maximum Gasteiger partial charge on any atom is 0.251 e. The molecule has 1 heterocycles. The van der Waals surface area contributed by atoms with Gasteiger partial charge in [0.1, 0.15) is 10.3 Å². The first-order valence-corrected chi connectivity index (χ1v) is 5.46. The van der Waals surface area contributed by atoms with Gasteiger partial charge < -0.3 is 5.32 Å². The second kappa shape index (κ2) is 3.99. The molecule has 1 amide bonds. The molecule has 0 spiro atoms. The highest BCUT2D eigenvalue weighted by molar-refractivity contribution is 6.33. The fourth-order valence-corrected chi connectivity index (χ4v) is 1.83. The maximum absolute atomic E-state index is 11.7. The number of halogens is 2. The Hall–Kier alpha value is -0.800. The lowest BCUT2D eigenvalue weighted by Gasteiger charge is -2.04. The average Bonchev–Trinajstić information content (AvgIpc) is 2.79. The van der Waals surface area contributed by atoms with Crippen LogP contribution in [0.4, 0.5) is 0 Å². The largest absolute Gasteiger partial charge is 0.349 e. The Morgan fingerprint density at radius 3 is 2.47 bits per heavy atom. The molecule has 1 aliphatic carbocycles. The van der Waals surface area contributed by atoms with Crippen molar-refractivity contribution in [2.75, 3.05) is 0 Å². The molecule has 1 aliphatic rings. The highest BCUT2D eigenvalue weighted by Crippen LogP contribution is 2.29. The lowest BCUT2D eigenvalue weighted by molar-refractivity contribution is 0.0949. The van der Waals surface area contributed by atoms with Gasteiger partial charge in [0.05, 0.1) is 0 Å². The second-order valence-corrected chi connectivity index (χ2v) is 4.57. The summed E-state index contributed by atoms with van der Waals surface area (Å²) in [5.41, 5.74) is 0.458. The van der Waals surface area contributed by atoms with Crippen LogP contribution in [0.25, 0.3) is 0 Å². The number of amides is 1. The highest BCUT2D eigenvalue weighted by atomic mass is 35.5. The Morgan fingerprint density at radius 2 is 2.00 bits per heavy atom. The van der Waals surface area contributed by atoms with Gasteiger partial charge in [-0.2, -0.15) is 0 Å². The highest BCUT2D eigenvalue weighted by Gasteiger charge is 2.34. The SMILES string of the molecule is CC1CC1NC(=O)c1cc(Cl)nc(Cl)c1. The van der Waals surface area contributed by atoms with E-state index in [1.807, 2.05) is 0 Å². The van der Waals surface area contributed by atoms with Gasteiger partial charge in [-0.25, -0.2) is 4.98 Å². The van der Waals surface area contributed by atoms with Crippen molar-refractivity contribution in [1.29, 1.82) is 0 Å². The van der Waals surface area contributed by atoms with Crippen molar-refractivity contribution in [1.82, 2.24) is 10.3 Å². The molecule has 0 saturated heterocycles. The number of aromatic nitrogens is 1. The number of hydrogen-bond donors (Lipinski definition) is 1. The molecule has 2 rings (SSSR count). The standard InChI is InChI=1S/C10H10Cl2N2O/c1-5-2-7(5)13-10(15)6-3-8(11)14-9(12)4-6/h3-5,7H,2H2,1H3,(H,13,15). The Morgan fingerprint density at radius 1 is 1.47 bits per heavy atom. The van der Waals surface area contributed by atoms with Crippen LogP contribution >= 0.6 is 23.2 Å². The van der Waals surface area contributed by atoms with Gasteiger partial charge >= 0.3 is 0 Å². The van der Waals surface area contributed by atoms with Crippen molar-refractivity contribution in [3.8, 4) is 0 Å². The molecule has 1 aromatic rings. The summed E-state index contributed by atoms with van der Waals surface area (Å²) in [6.07, 6.45) is 1.04. The summed E-state index contributed by atoms with van der Waals surface area (Å²) in [4.78, 5) is 15.5. The van der Waals surface area contributed by atoms with Crippen molar-refractivity contribution >= 4 is 29.1 Å². The summed E-state index contributed by atoms with van der Waals surface area (Å²) < 4.78 is 0. The third-order valence-electron chi connectivity index (χ3n) is 2.45. The molecule has 3 nitrogen and oxygen atoms in total. The molecule has 1 N–H and O–H groups in total. The van der Waals surface area contributed by atoms with Gasteiger partial charge in [0, 0.05) is 11.6 Å². The summed E-state index contributed by atoms with van der Waals surface area (Å²) in [6.45, 7) is 2.09. The minimum atomic E-state index is -0.143. The molecule has 0 bridgehead atoms. The minimum Gasteiger partial charge on any atom is -0.349 e. The summed E-state index contributed by atoms with van der Waals surface area (Å²) in [5, 5.41) is 3.36. The van der Waals surface area contributed by atoms with E-state index in [0.29, 0.717) is 17.5 Å². The zero-order valence-corrected chi connectivity index (χ0v) is 9.64. The van der Waals surface area contributed by atoms with Crippen molar-refractivity contribution in [2.24, 2.45) is 5.92 Å². The molecular formula is C10H10Cl2N2O. The van der Waals surface area contributed by atoms with Crippen LogP contribution in [0, 0.1) is 5.92 Å². The smallest absolute Gasteiger partial charge is 0.251 e. The lowest BCUT2D eigenvalue weighted by atomic mass is 10.2. The van der Waals surface area contributed by atoms with Gasteiger partial charge in [-0.05, 0) is 24.5 Å². The van der Waals surface area contributed by atoms with E-state index in [9.17, 15) is 4.79 Å². The molecule has 1 aromatic heterocycles. The quantitative estimate of drug-likeness (QED) is 0.813. The van der Waals surface area contributed by atoms with Crippen molar-refractivity contribution in [2.45, 2.75) is 19.4 Å². The minimum absolute atomic E-state index is 0.143. The van der Waals surface area contributed by atoms with E-state index in [2.05, 4.69) is 17.2 Å². The zero-order valence-electron chi connectivity index (χ0n) is 8.13. The number of pyridine rings is 1. The van der Waals surface area contributed by atoms with E-state index in [0.717, 1.165) is 6.42 Å². The summed E-state index contributed by atoms with van der Waals surface area (Å²) in [7, 11) is 0. The third kappa shape index (κ3) is 2.61. The Bertz CT molecular complexity index is 388. The molecular weight excluding hydrogens is 235 g/mol. The van der Waals surface area contributed by atoms with E-state index in [-0.39, 0.29) is 16.2 Å². The number of carbonyl (C=O) groups is 1. The lowest BCUT2D eigenvalue weighted by Crippen LogP contribution is -2.26. The van der Waals surface area contributed by atoms with Gasteiger partial charge in [-0.3, -0.25) is 4.79 Å². The van der Waals surface area contributed by atoms with Crippen LogP contribution in [0.3, 0.4) is 0 Å². The van der Waals surface area contributed by atoms with Crippen LogP contribution < -0.4 is 5.32 Å². The van der Waals surface area contributed by atoms with Gasteiger partial charge in [0.2, 0.25) is 0 Å². The molecule has 0 aromatic carbocycles. The summed E-state index contributed by atoms with van der Waals surface area (Å²) in [5.74, 6) is 0.428. The fourth-order valence-electron chi connectivity index (χ4n) is 1.37. The summed E-state index contributed by atoms with van der Waals surface area (Å²) in [6, 6.07) is 3.31. The predicted molar refractivity (Wildman–Crippen MR) is 59.3 cm³/mol. The van der Waals surface area contributed by atoms with Crippen LogP contribution in [0.15, 0.2) is 12.1 Å². The number of rotatable bonds is 2. The monoisotopic (exact) mass is 244 g/mol. The topological polar surface area (TPSA) is 42.0 Å². The first kappa shape index (κ1) is 10.7. The number of nitrogens with zero attached hydrogens (tertiary/aromatic N) is 1. The van der Waals surface area contributed by atoms with Gasteiger partial charge in [0.15, 0.2) is 0 Å². The number of hydrogen-bond acceptors (Lipinski definition) is 2. The van der Waals surface area contributed by atoms with Crippen molar-refractivity contribution < 1.29 is 4.79 Å². The molecule has 15 heavy (non-hydrogen) atoms. The molecule has 80 valence electrons. The van der Waals surface area contributed by atoms with E-state index in [1.54, 1.807) is 0 Å². The molecule has 1 fully saturated rings. The van der Waals surface area contributed by atoms with E-state index in [4.69, 9.17) is 23.2 Å². The van der Waals surface area contributed by atoms with Crippen LogP contribution in [-0.4, -0.2) is 16.9 Å². The van der Waals surface area contributed by atoms with Crippen molar-refractivity contribution in [3.05, 3.63) is 28.0 Å². The molecule has 2 unspecified atom stereocenters. The van der Waals surface area contributed by atoms with Crippen LogP contribution in [0.2, 0.25) is 10.3 Å². The molecule has 0 aliphatic heterocycles. The first-order chi connectivity index (χ1) is 7.06. The third-order valence-corrected chi connectivity index (χ3v) is 2.84. The Kier molecular flexibility index (Phi) is 2.85. The van der Waals surface area contributed by atoms with E-state index in [1.165, 1.54) is 12.1 Å². The molecule has 5 heteroatoms. The normalized spacial score (nSPS) is 23.7. The second-order valence-electron chi connectivity index (χ2n) is 3.79. The first-order valence-electron chi connectivity index (χ1n) is 4.70. The Balaban J connectivity index is 2.11. The zero-order chi connectivity index (χ0) is 11.0. The van der Waals surface area contributed by atoms with Crippen LogP contribution in [-0.2, 0) is 0 Å². The van der Waals surface area contributed by atoms with Crippen LogP contribution in [0.1, 0.15) is 23.7 Å². The molecule has 2 atom stereocenters. The van der Waals surface area contributed by atoms with Crippen LogP contribution in [0.5, 0.6) is 0 Å². The van der Waals surface area contributed by atoms with Crippen molar-refractivity contribution in [3.63, 3.8) is 0 Å². The number of carbonyl (C=O) groups excluding carboxylic acids is 1. The van der Waals surface area contributed by atoms with E-state index < -0.39 is 0 Å². The van der Waals surface area contributed by atoms with E-state index >= 15 is 0 Å². The van der Waals surface area contributed by atoms with Gasteiger partial charge in [-0.1, -0.05) is 30.1 Å². The fraction of sp³-hybridized carbons (Fsp3) is 0.400. The molecule has 0 radical (unpaired) electrons. The Labute approximate surface area is 97.8 Å². The van der Waals surface area contributed by atoms with Gasteiger partial charge in [-0.15, -0.1) is 0 Å². The number of nitrogens with one attached hydrogen (secondary N) is 1. The summed E-state index contributed by atoms with van der Waals surface area (Å²) >= 11 is 11.4. The van der Waals surface area contributed by atoms with Gasteiger partial charge in [0.25, 0.3) is 5.91 Å².